The van der Waals surface area contributed by atoms with E-state index < -0.39 is 15.7 Å². The Balaban J connectivity index is 2.66. The highest BCUT2D eigenvalue weighted by Crippen LogP contribution is 2.22. The summed E-state index contributed by atoms with van der Waals surface area (Å²) in [5.41, 5.74) is 0. The van der Waals surface area contributed by atoms with E-state index in [4.69, 9.17) is 4.74 Å². The molecule has 1 heterocycles. The summed E-state index contributed by atoms with van der Waals surface area (Å²) in [6.45, 7) is 7.08. The molecule has 1 fully saturated rings. The van der Waals surface area contributed by atoms with Crippen LogP contribution in [0, 0.1) is 0 Å². The second-order valence-corrected chi connectivity index (χ2v) is 6.15. The molecule has 0 saturated carbocycles. The molecule has 0 aromatic heterocycles. The molecule has 0 aromatic carbocycles. The predicted octanol–water partition coefficient (Wildman–Crippen LogP) is 1.09. The molecule has 0 aromatic rings. The van der Waals surface area contributed by atoms with Crippen molar-refractivity contribution in [1.29, 1.82) is 0 Å². The molecule has 5 heteroatoms. The lowest BCUT2D eigenvalue weighted by atomic mass is 10.2. The molecule has 1 rings (SSSR count). The number of hydrogen-bond donors (Lipinski definition) is 0. The molecule has 1 atom stereocenters. The first kappa shape index (κ1) is 12.6. The Morgan fingerprint density at radius 2 is 1.93 bits per heavy atom. The van der Waals surface area contributed by atoms with Crippen molar-refractivity contribution in [2.75, 3.05) is 19.7 Å². The normalized spacial score (nSPS) is 20.2. The van der Waals surface area contributed by atoms with Crippen molar-refractivity contribution in [3.63, 3.8) is 0 Å². The van der Waals surface area contributed by atoms with Crippen molar-refractivity contribution < 1.29 is 13.7 Å². The minimum Gasteiger partial charge on any atom is -0.465 e. The van der Waals surface area contributed by atoms with Crippen LogP contribution in [0.3, 0.4) is 0 Å². The van der Waals surface area contributed by atoms with Crippen LogP contribution in [0.1, 0.15) is 33.6 Å². The molecule has 0 aliphatic carbocycles. The summed E-state index contributed by atoms with van der Waals surface area (Å²) in [4.78, 5) is 11.6. The lowest BCUT2D eigenvalue weighted by Gasteiger charge is -2.26. The van der Waals surface area contributed by atoms with E-state index in [9.17, 15) is 9.00 Å². The van der Waals surface area contributed by atoms with Gasteiger partial charge in [0.2, 0.25) is 0 Å². The maximum absolute atomic E-state index is 12.1. The summed E-state index contributed by atoms with van der Waals surface area (Å²) >= 11 is 0. The minimum absolute atomic E-state index is 0.333. The summed E-state index contributed by atoms with van der Waals surface area (Å²) in [5.74, 6) is -0.379. The van der Waals surface area contributed by atoms with Gasteiger partial charge in [-0.05, 0) is 33.6 Å². The maximum atomic E-state index is 12.1. The molecule has 0 radical (unpaired) electrons. The number of hydrogen-bond acceptors (Lipinski definition) is 3. The number of ether oxygens (including phenoxy) is 1. The molecule has 0 spiro atoms. The van der Waals surface area contributed by atoms with Crippen LogP contribution in [0.5, 0.6) is 0 Å². The average molecular weight is 233 g/mol. The highest BCUT2D eigenvalue weighted by Gasteiger charge is 2.40. The number of carbonyl (C=O) groups is 1. The van der Waals surface area contributed by atoms with Crippen LogP contribution in [0.4, 0.5) is 0 Å². The van der Waals surface area contributed by atoms with Gasteiger partial charge in [0.25, 0.3) is 0 Å². The van der Waals surface area contributed by atoms with Crippen molar-refractivity contribution in [1.82, 2.24) is 4.31 Å². The van der Waals surface area contributed by atoms with Gasteiger partial charge in [0.05, 0.1) is 6.61 Å². The monoisotopic (exact) mass is 233 g/mol. The Kier molecular flexibility index (Phi) is 4.28. The Hall–Kier alpha value is -0.420. The quantitative estimate of drug-likeness (QED) is 0.683. The third-order valence-corrected chi connectivity index (χ3v) is 4.38. The average Bonchev–Trinajstić information content (AvgIpc) is 2.69. The molecule has 1 aliphatic heterocycles. The van der Waals surface area contributed by atoms with E-state index in [1.54, 1.807) is 20.8 Å². The first-order valence-corrected chi connectivity index (χ1v) is 6.45. The van der Waals surface area contributed by atoms with E-state index in [1.807, 2.05) is 4.31 Å². The van der Waals surface area contributed by atoms with Crippen LogP contribution in [-0.4, -0.2) is 38.9 Å². The molecule has 15 heavy (non-hydrogen) atoms. The van der Waals surface area contributed by atoms with Gasteiger partial charge in [-0.1, -0.05) is 0 Å². The molecule has 4 nitrogen and oxygen atoms in total. The van der Waals surface area contributed by atoms with E-state index >= 15 is 0 Å². The van der Waals surface area contributed by atoms with Crippen molar-refractivity contribution in [3.05, 3.63) is 0 Å². The number of esters is 1. The highest BCUT2D eigenvalue weighted by atomic mass is 32.2. The second kappa shape index (κ2) is 5.07. The summed E-state index contributed by atoms with van der Waals surface area (Å²) in [7, 11) is -1.28. The summed E-state index contributed by atoms with van der Waals surface area (Å²) in [6.07, 6.45) is 2.12. The molecule has 0 N–H and O–H groups in total. The van der Waals surface area contributed by atoms with Crippen LogP contribution >= 0.6 is 0 Å². The highest BCUT2D eigenvalue weighted by molar-refractivity contribution is 7.84. The zero-order valence-corrected chi connectivity index (χ0v) is 10.4. The summed E-state index contributed by atoms with van der Waals surface area (Å²) in [5, 5.41) is 0. The number of carbonyl (C=O) groups excluding carboxylic acids is 1. The first-order valence-electron chi connectivity index (χ1n) is 5.34. The SMILES string of the molecule is CCOC(=O)C(C)(C)S(=O)N1CCCC1. The first-order chi connectivity index (χ1) is 7.00. The molecule has 1 saturated heterocycles. The Morgan fingerprint density at radius 3 is 2.40 bits per heavy atom. The molecular formula is C10H19NO3S. The maximum Gasteiger partial charge on any atom is 0.325 e. The van der Waals surface area contributed by atoms with Crippen molar-refractivity contribution in [2.24, 2.45) is 0 Å². The van der Waals surface area contributed by atoms with E-state index in [0.717, 1.165) is 25.9 Å². The molecular weight excluding hydrogens is 214 g/mol. The Morgan fingerprint density at radius 1 is 1.40 bits per heavy atom. The van der Waals surface area contributed by atoms with Crippen molar-refractivity contribution >= 4 is 17.0 Å². The second-order valence-electron chi connectivity index (χ2n) is 4.12. The van der Waals surface area contributed by atoms with Gasteiger partial charge in [-0.15, -0.1) is 0 Å². The zero-order chi connectivity index (χ0) is 11.5. The van der Waals surface area contributed by atoms with Gasteiger partial charge in [0, 0.05) is 13.1 Å². The smallest absolute Gasteiger partial charge is 0.325 e. The van der Waals surface area contributed by atoms with Crippen LogP contribution in [0.15, 0.2) is 0 Å². The van der Waals surface area contributed by atoms with Crippen LogP contribution in [0.25, 0.3) is 0 Å². The molecule has 88 valence electrons. The van der Waals surface area contributed by atoms with Gasteiger partial charge in [-0.3, -0.25) is 4.79 Å². The van der Waals surface area contributed by atoms with Gasteiger partial charge in [-0.2, -0.15) is 0 Å². The lowest BCUT2D eigenvalue weighted by Crippen LogP contribution is -2.45. The Bertz CT molecular complexity index is 259. The van der Waals surface area contributed by atoms with Crippen molar-refractivity contribution in [3.8, 4) is 0 Å². The number of rotatable bonds is 4. The molecule has 1 unspecified atom stereocenters. The number of nitrogens with zero attached hydrogens (tertiary/aromatic N) is 1. The summed E-state index contributed by atoms with van der Waals surface area (Å²) in [6, 6.07) is 0. The van der Waals surface area contributed by atoms with Gasteiger partial charge in [0.15, 0.2) is 4.75 Å². The molecule has 0 bridgehead atoms. The van der Waals surface area contributed by atoms with Crippen LogP contribution in [0.2, 0.25) is 0 Å². The van der Waals surface area contributed by atoms with Gasteiger partial charge >= 0.3 is 5.97 Å². The van der Waals surface area contributed by atoms with Gasteiger partial charge < -0.3 is 4.74 Å². The van der Waals surface area contributed by atoms with E-state index in [0.29, 0.717) is 6.61 Å². The lowest BCUT2D eigenvalue weighted by molar-refractivity contribution is -0.145. The van der Waals surface area contributed by atoms with Gasteiger partial charge in [-0.25, -0.2) is 8.51 Å². The summed E-state index contributed by atoms with van der Waals surface area (Å²) < 4.78 is 18.0. The van der Waals surface area contributed by atoms with Crippen LogP contribution < -0.4 is 0 Å². The fourth-order valence-corrected chi connectivity index (χ4v) is 2.99. The minimum atomic E-state index is -1.28. The fourth-order valence-electron chi connectivity index (χ4n) is 1.55. The largest absolute Gasteiger partial charge is 0.465 e. The standard InChI is InChI=1S/C10H19NO3S/c1-4-14-9(12)10(2,3)15(13)11-7-5-6-8-11/h4-8H2,1-3H3. The van der Waals surface area contributed by atoms with E-state index in [-0.39, 0.29) is 5.97 Å². The van der Waals surface area contributed by atoms with Gasteiger partial charge in [0.1, 0.15) is 11.0 Å². The third-order valence-electron chi connectivity index (χ3n) is 2.50. The van der Waals surface area contributed by atoms with Crippen molar-refractivity contribution in [2.45, 2.75) is 38.4 Å². The van der Waals surface area contributed by atoms with E-state index in [2.05, 4.69) is 0 Å². The topological polar surface area (TPSA) is 46.6 Å². The van der Waals surface area contributed by atoms with Crippen LogP contribution in [-0.2, 0) is 20.5 Å². The Labute approximate surface area is 93.6 Å². The third kappa shape index (κ3) is 2.78. The molecule has 1 aliphatic rings. The zero-order valence-electron chi connectivity index (χ0n) is 9.62. The van der Waals surface area contributed by atoms with E-state index in [1.165, 1.54) is 0 Å². The predicted molar refractivity (Wildman–Crippen MR) is 59.7 cm³/mol. The fraction of sp³-hybridized carbons (Fsp3) is 0.900. The molecule has 0 amide bonds.